The van der Waals surface area contributed by atoms with Gasteiger partial charge in [-0.1, -0.05) is 37.1 Å². The minimum absolute atomic E-state index is 0.0530. The van der Waals surface area contributed by atoms with Crippen LogP contribution in [0.15, 0.2) is 36.4 Å². The highest BCUT2D eigenvalue weighted by molar-refractivity contribution is 5.94. The molecule has 1 aliphatic heterocycles. The number of benzene rings is 1. The van der Waals surface area contributed by atoms with Crippen molar-refractivity contribution < 1.29 is 24.3 Å². The number of Topliss-reactive ketones (excluding diaryl/α,β-unsaturated/α-hetero) is 1. The quantitative estimate of drug-likeness (QED) is 0.227. The molecule has 232 valence electrons. The minimum Gasteiger partial charge on any atom is -0.480 e. The second-order valence-corrected chi connectivity index (χ2v) is 12.4. The lowest BCUT2D eigenvalue weighted by Gasteiger charge is -2.34. The fourth-order valence-corrected chi connectivity index (χ4v) is 5.86. The Balaban J connectivity index is 1.44. The van der Waals surface area contributed by atoms with E-state index in [9.17, 15) is 24.3 Å². The number of nitrogens with zero attached hydrogens (tertiary/aromatic N) is 3. The number of hydrogen-bond acceptors (Lipinski definition) is 8. The molecule has 1 saturated carbocycles. The number of aliphatic carboxylic acids is 1. The lowest BCUT2D eigenvalue weighted by molar-refractivity contribution is -0.148. The van der Waals surface area contributed by atoms with Crippen molar-refractivity contribution in [3.8, 4) is 0 Å². The first-order valence-corrected chi connectivity index (χ1v) is 15.1. The van der Waals surface area contributed by atoms with Crippen LogP contribution in [0.3, 0.4) is 0 Å². The molecule has 1 saturated heterocycles. The Hall–Kier alpha value is -3.83. The SMILES string of the molecule is C[C@H](NC(=O)C(CC(=O)C(C)(C)/C=C/c1ccc2ccc(N(C)N)nc2c1)C1CCCC1)C(=O)N1CCC[C@@H](C(=O)O)N1. The van der Waals surface area contributed by atoms with Crippen LogP contribution in [0.5, 0.6) is 0 Å². The van der Waals surface area contributed by atoms with Gasteiger partial charge in [-0.05, 0) is 76.1 Å². The van der Waals surface area contributed by atoms with Gasteiger partial charge in [-0.2, -0.15) is 0 Å². The summed E-state index contributed by atoms with van der Waals surface area (Å²) in [5.41, 5.74) is 3.61. The molecular formula is C32H44N6O5. The molecule has 2 amide bonds. The summed E-state index contributed by atoms with van der Waals surface area (Å²) in [6.45, 7) is 5.67. The number of aromatic nitrogens is 1. The highest BCUT2D eigenvalue weighted by atomic mass is 16.4. The predicted octanol–water partition coefficient (Wildman–Crippen LogP) is 3.43. The molecule has 0 spiro atoms. The van der Waals surface area contributed by atoms with Crippen molar-refractivity contribution in [2.24, 2.45) is 23.1 Å². The topological polar surface area (TPSA) is 158 Å². The Morgan fingerprint density at radius 2 is 1.86 bits per heavy atom. The number of fused-ring (bicyclic) bond motifs is 1. The van der Waals surface area contributed by atoms with Crippen molar-refractivity contribution in [1.82, 2.24) is 20.7 Å². The van der Waals surface area contributed by atoms with Crippen LogP contribution in [0.4, 0.5) is 5.82 Å². The third kappa shape index (κ3) is 7.97. The summed E-state index contributed by atoms with van der Waals surface area (Å²) in [7, 11) is 1.73. The average Bonchev–Trinajstić information content (AvgIpc) is 3.52. The minimum atomic E-state index is -1.02. The molecule has 2 aliphatic rings. The molecule has 1 aliphatic carbocycles. The Bertz CT molecular complexity index is 1380. The maximum absolute atomic E-state index is 13.7. The van der Waals surface area contributed by atoms with E-state index in [4.69, 9.17) is 5.84 Å². The molecule has 0 radical (unpaired) electrons. The van der Waals surface area contributed by atoms with E-state index in [0.717, 1.165) is 42.1 Å². The van der Waals surface area contributed by atoms with E-state index in [-0.39, 0.29) is 24.0 Å². The third-order valence-corrected chi connectivity index (χ3v) is 8.66. The van der Waals surface area contributed by atoms with Gasteiger partial charge in [0.2, 0.25) is 5.91 Å². The van der Waals surface area contributed by atoms with Crippen molar-refractivity contribution >= 4 is 46.4 Å². The highest BCUT2D eigenvalue weighted by Crippen LogP contribution is 2.36. The normalized spacial score (nSPS) is 19.4. The first-order chi connectivity index (χ1) is 20.4. The number of nitrogens with one attached hydrogen (secondary N) is 2. The number of anilines is 1. The summed E-state index contributed by atoms with van der Waals surface area (Å²) < 4.78 is 0. The van der Waals surface area contributed by atoms with Gasteiger partial charge in [0, 0.05) is 36.7 Å². The van der Waals surface area contributed by atoms with Crippen molar-refractivity contribution in [1.29, 1.82) is 0 Å². The maximum atomic E-state index is 13.7. The van der Waals surface area contributed by atoms with E-state index in [2.05, 4.69) is 15.7 Å². The number of rotatable bonds is 11. The smallest absolute Gasteiger partial charge is 0.322 e. The van der Waals surface area contributed by atoms with E-state index < -0.39 is 35.3 Å². The van der Waals surface area contributed by atoms with Crippen LogP contribution in [-0.2, 0) is 19.2 Å². The number of carboxylic acid groups (broad SMARTS) is 1. The number of allylic oxidation sites excluding steroid dienone is 1. The zero-order valence-electron chi connectivity index (χ0n) is 25.5. The van der Waals surface area contributed by atoms with E-state index in [0.29, 0.717) is 25.2 Å². The van der Waals surface area contributed by atoms with Crippen LogP contribution in [0.1, 0.15) is 71.3 Å². The maximum Gasteiger partial charge on any atom is 0.322 e. The highest BCUT2D eigenvalue weighted by Gasteiger charge is 2.38. The molecule has 2 heterocycles. The lowest BCUT2D eigenvalue weighted by Crippen LogP contribution is -2.59. The van der Waals surface area contributed by atoms with Crippen molar-refractivity contribution in [2.45, 2.75) is 77.8 Å². The zero-order valence-corrected chi connectivity index (χ0v) is 25.5. The van der Waals surface area contributed by atoms with Crippen LogP contribution in [0, 0.1) is 17.3 Å². The number of hydrogen-bond donors (Lipinski definition) is 4. The number of carbonyl (C=O) groups excluding carboxylic acids is 3. The first-order valence-electron chi connectivity index (χ1n) is 15.1. The van der Waals surface area contributed by atoms with Crippen molar-refractivity contribution in [3.05, 3.63) is 42.0 Å². The van der Waals surface area contributed by atoms with Crippen LogP contribution in [0.2, 0.25) is 0 Å². The van der Waals surface area contributed by atoms with Crippen LogP contribution in [0.25, 0.3) is 17.0 Å². The van der Waals surface area contributed by atoms with E-state index in [1.165, 1.54) is 10.0 Å². The Kier molecular flexibility index (Phi) is 10.2. The average molecular weight is 593 g/mol. The molecule has 4 rings (SSSR count). The summed E-state index contributed by atoms with van der Waals surface area (Å²) in [4.78, 5) is 56.2. The summed E-state index contributed by atoms with van der Waals surface area (Å²) in [5.74, 6) is 4.23. The number of carboxylic acids is 1. The Morgan fingerprint density at radius 1 is 1.16 bits per heavy atom. The fraction of sp³-hybridized carbons (Fsp3) is 0.531. The van der Waals surface area contributed by atoms with E-state index in [1.807, 2.05) is 56.3 Å². The molecule has 3 atom stereocenters. The largest absolute Gasteiger partial charge is 0.480 e. The number of amides is 2. The zero-order chi connectivity index (χ0) is 31.3. The lowest BCUT2D eigenvalue weighted by atomic mass is 9.78. The van der Waals surface area contributed by atoms with Crippen molar-refractivity contribution in [3.63, 3.8) is 0 Å². The molecule has 43 heavy (non-hydrogen) atoms. The molecule has 1 aromatic heterocycles. The standard InChI is InChI=1S/C32H44N6O5/c1-20(30(41)38-17-7-10-25(36-38)31(42)43)34-29(40)24(22-8-5-6-9-22)19-27(39)32(2,3)16-15-21-11-12-23-13-14-28(37(4)33)35-26(23)18-21/h11-16,18,20,22,24-25,36H,5-10,17,19,33H2,1-4H3,(H,34,40)(H,42,43)/b16-15+/t20-,24?,25-/m0/s1. The molecule has 5 N–H and O–H groups in total. The van der Waals surface area contributed by atoms with E-state index >= 15 is 0 Å². The van der Waals surface area contributed by atoms with Gasteiger partial charge < -0.3 is 10.4 Å². The number of ketones is 1. The molecule has 2 aromatic rings. The molecule has 11 nitrogen and oxygen atoms in total. The fourth-order valence-electron chi connectivity index (χ4n) is 5.86. The Morgan fingerprint density at radius 3 is 2.53 bits per heavy atom. The van der Waals surface area contributed by atoms with Gasteiger partial charge in [0.15, 0.2) is 0 Å². The molecule has 1 unspecified atom stereocenters. The van der Waals surface area contributed by atoms with Gasteiger partial charge in [0.05, 0.1) is 5.52 Å². The van der Waals surface area contributed by atoms with Crippen LogP contribution < -0.4 is 21.6 Å². The molecule has 1 aromatic carbocycles. The number of pyridine rings is 1. The summed E-state index contributed by atoms with van der Waals surface area (Å²) in [6, 6.07) is 8.00. The summed E-state index contributed by atoms with van der Waals surface area (Å²) in [5, 5.41) is 15.9. The predicted molar refractivity (Wildman–Crippen MR) is 165 cm³/mol. The second-order valence-electron chi connectivity index (χ2n) is 12.4. The molecular weight excluding hydrogens is 548 g/mol. The Labute approximate surface area is 252 Å². The van der Waals surface area contributed by atoms with Crippen LogP contribution in [-0.4, -0.2) is 64.3 Å². The van der Waals surface area contributed by atoms with Gasteiger partial charge in [0.1, 0.15) is 23.7 Å². The third-order valence-electron chi connectivity index (χ3n) is 8.66. The first kappa shape index (κ1) is 32.1. The van der Waals surface area contributed by atoms with Crippen LogP contribution >= 0.6 is 0 Å². The monoisotopic (exact) mass is 592 g/mol. The molecule has 0 bridgehead atoms. The van der Waals surface area contributed by atoms with Gasteiger partial charge in [-0.25, -0.2) is 16.3 Å². The van der Waals surface area contributed by atoms with Crippen molar-refractivity contribution in [2.75, 3.05) is 18.6 Å². The van der Waals surface area contributed by atoms with Gasteiger partial charge >= 0.3 is 5.97 Å². The molecule has 11 heteroatoms. The second kappa shape index (κ2) is 13.6. The summed E-state index contributed by atoms with van der Waals surface area (Å²) in [6.07, 6.45) is 8.57. The van der Waals surface area contributed by atoms with E-state index in [1.54, 1.807) is 14.0 Å². The molecule has 2 fully saturated rings. The van der Waals surface area contributed by atoms with Gasteiger partial charge in [-0.3, -0.25) is 29.2 Å². The van der Waals surface area contributed by atoms with Gasteiger partial charge in [-0.15, -0.1) is 0 Å². The number of carbonyl (C=O) groups is 4. The number of hydrazine groups is 2. The van der Waals surface area contributed by atoms with Gasteiger partial charge in [0.25, 0.3) is 5.91 Å². The number of nitrogens with two attached hydrogens (primary N) is 1. The summed E-state index contributed by atoms with van der Waals surface area (Å²) >= 11 is 0.